The van der Waals surface area contributed by atoms with Gasteiger partial charge in [0, 0.05) is 24.3 Å². The highest BCUT2D eigenvalue weighted by Crippen LogP contribution is 2.35. The van der Waals surface area contributed by atoms with E-state index in [1.165, 1.54) is 4.57 Å². The van der Waals surface area contributed by atoms with Crippen molar-refractivity contribution in [1.82, 2.24) is 19.5 Å². The van der Waals surface area contributed by atoms with Gasteiger partial charge in [0.15, 0.2) is 22.8 Å². The van der Waals surface area contributed by atoms with Gasteiger partial charge in [-0.2, -0.15) is 0 Å². The lowest BCUT2D eigenvalue weighted by molar-refractivity contribution is 0.122. The molecule has 0 radical (unpaired) electrons. The molecule has 4 heterocycles. The SMILES string of the molecule is O=c1[nH]c2nc(-c3ccc4c(c3)OCO4)cnc2n1-c1ccc(N2CCOCC2)cc1. The van der Waals surface area contributed by atoms with Crippen LogP contribution in [0.3, 0.4) is 0 Å². The van der Waals surface area contributed by atoms with Crippen molar-refractivity contribution < 1.29 is 14.2 Å². The summed E-state index contributed by atoms with van der Waals surface area (Å²) in [6.45, 7) is 3.39. The zero-order valence-electron chi connectivity index (χ0n) is 16.6. The zero-order valence-corrected chi connectivity index (χ0v) is 16.6. The number of morpholine rings is 1. The number of rotatable bonds is 3. The average Bonchev–Trinajstić information content (AvgIpc) is 3.42. The van der Waals surface area contributed by atoms with E-state index in [4.69, 9.17) is 14.2 Å². The van der Waals surface area contributed by atoms with Gasteiger partial charge >= 0.3 is 5.69 Å². The van der Waals surface area contributed by atoms with Gasteiger partial charge in [-0.15, -0.1) is 0 Å². The topological polar surface area (TPSA) is 94.5 Å². The summed E-state index contributed by atoms with van der Waals surface area (Å²) in [5, 5.41) is 0. The molecule has 2 aliphatic heterocycles. The summed E-state index contributed by atoms with van der Waals surface area (Å²) in [4.78, 5) is 26.9. The second kappa shape index (κ2) is 7.13. The zero-order chi connectivity index (χ0) is 20.8. The second-order valence-electron chi connectivity index (χ2n) is 7.38. The molecule has 6 rings (SSSR count). The molecule has 9 heteroatoms. The highest BCUT2D eigenvalue weighted by Gasteiger charge is 2.17. The highest BCUT2D eigenvalue weighted by molar-refractivity contribution is 5.74. The molecule has 1 fully saturated rings. The predicted octanol–water partition coefficient (Wildman–Crippen LogP) is 2.34. The maximum atomic E-state index is 12.7. The number of benzene rings is 2. The molecule has 0 amide bonds. The lowest BCUT2D eigenvalue weighted by Crippen LogP contribution is -2.36. The second-order valence-corrected chi connectivity index (χ2v) is 7.38. The smallest absolute Gasteiger partial charge is 0.333 e. The summed E-state index contributed by atoms with van der Waals surface area (Å²) in [5.41, 5.74) is 3.95. The molecule has 156 valence electrons. The average molecular weight is 417 g/mol. The standard InChI is InChI=1S/C22H19N5O4/c28-22-25-20-21(23-12-17(24-20)14-1-6-18-19(11-14)31-13-30-18)27(22)16-4-2-15(3-5-16)26-7-9-29-10-8-26/h1-6,11-12H,7-10,13H2,(H,24,25,28). The first-order valence-corrected chi connectivity index (χ1v) is 10.1. The van der Waals surface area contributed by atoms with Crippen LogP contribution in [0, 0.1) is 0 Å². The van der Waals surface area contributed by atoms with Crippen molar-refractivity contribution in [2.75, 3.05) is 38.0 Å². The molecule has 0 bridgehead atoms. The Morgan fingerprint density at radius 2 is 1.71 bits per heavy atom. The fourth-order valence-electron chi connectivity index (χ4n) is 3.95. The number of imidazole rings is 1. The number of hydrogen-bond donors (Lipinski definition) is 1. The van der Waals surface area contributed by atoms with E-state index in [1.807, 2.05) is 42.5 Å². The first kappa shape index (κ1) is 18.0. The largest absolute Gasteiger partial charge is 0.454 e. The molecule has 31 heavy (non-hydrogen) atoms. The molecule has 9 nitrogen and oxygen atoms in total. The number of anilines is 1. The van der Waals surface area contributed by atoms with E-state index in [1.54, 1.807) is 6.20 Å². The van der Waals surface area contributed by atoms with E-state index < -0.39 is 0 Å². The Morgan fingerprint density at radius 3 is 2.55 bits per heavy atom. The van der Waals surface area contributed by atoms with E-state index in [2.05, 4.69) is 19.9 Å². The molecular formula is C22H19N5O4. The van der Waals surface area contributed by atoms with E-state index in [9.17, 15) is 4.79 Å². The van der Waals surface area contributed by atoms with Gasteiger partial charge in [0.2, 0.25) is 6.79 Å². The van der Waals surface area contributed by atoms with Gasteiger partial charge in [-0.05, 0) is 42.5 Å². The Hall–Kier alpha value is -3.85. The third-order valence-electron chi connectivity index (χ3n) is 5.55. The summed E-state index contributed by atoms with van der Waals surface area (Å²) >= 11 is 0. The quantitative estimate of drug-likeness (QED) is 0.547. The van der Waals surface area contributed by atoms with Crippen molar-refractivity contribution in [2.45, 2.75) is 0 Å². The molecule has 4 aromatic rings. The van der Waals surface area contributed by atoms with Gasteiger partial charge in [-0.25, -0.2) is 19.3 Å². The summed E-state index contributed by atoms with van der Waals surface area (Å²) in [7, 11) is 0. The van der Waals surface area contributed by atoms with Crippen LogP contribution in [0.5, 0.6) is 11.5 Å². The normalized spacial score (nSPS) is 15.5. The number of nitrogens with zero attached hydrogens (tertiary/aromatic N) is 4. The van der Waals surface area contributed by atoms with Gasteiger partial charge in [-0.1, -0.05) is 0 Å². The molecule has 2 aromatic carbocycles. The summed E-state index contributed by atoms with van der Waals surface area (Å²) < 4.78 is 17.7. The minimum absolute atomic E-state index is 0.212. The number of ether oxygens (including phenoxy) is 3. The third-order valence-corrected chi connectivity index (χ3v) is 5.55. The minimum Gasteiger partial charge on any atom is -0.454 e. The van der Waals surface area contributed by atoms with Crippen LogP contribution < -0.4 is 20.1 Å². The first-order valence-electron chi connectivity index (χ1n) is 10.1. The van der Waals surface area contributed by atoms with Crippen LogP contribution in [0.2, 0.25) is 0 Å². The number of H-pyrrole nitrogens is 1. The van der Waals surface area contributed by atoms with Gasteiger partial charge in [0.25, 0.3) is 0 Å². The van der Waals surface area contributed by atoms with Crippen molar-refractivity contribution in [1.29, 1.82) is 0 Å². The Labute approximate surface area is 176 Å². The molecule has 0 aliphatic carbocycles. The molecule has 0 atom stereocenters. The van der Waals surface area contributed by atoms with Gasteiger partial charge in [0.05, 0.1) is 30.8 Å². The maximum Gasteiger partial charge on any atom is 0.333 e. The lowest BCUT2D eigenvalue weighted by Gasteiger charge is -2.28. The van der Waals surface area contributed by atoms with Gasteiger partial charge in [0.1, 0.15) is 0 Å². The third kappa shape index (κ3) is 3.10. The molecular weight excluding hydrogens is 398 g/mol. The first-order chi connectivity index (χ1) is 15.3. The van der Waals surface area contributed by atoms with Gasteiger partial charge < -0.3 is 19.1 Å². The lowest BCUT2D eigenvalue weighted by atomic mass is 10.1. The van der Waals surface area contributed by atoms with Crippen LogP contribution in [-0.2, 0) is 4.74 Å². The van der Waals surface area contributed by atoms with Crippen molar-refractivity contribution in [3.05, 3.63) is 59.1 Å². The van der Waals surface area contributed by atoms with Gasteiger partial charge in [-0.3, -0.25) is 4.98 Å². The summed E-state index contributed by atoms with van der Waals surface area (Å²) in [6.07, 6.45) is 1.66. The number of nitrogens with one attached hydrogen (secondary N) is 1. The monoisotopic (exact) mass is 417 g/mol. The number of fused-ring (bicyclic) bond motifs is 2. The Kier molecular flexibility index (Phi) is 4.13. The van der Waals surface area contributed by atoms with E-state index >= 15 is 0 Å². The van der Waals surface area contributed by atoms with Crippen molar-refractivity contribution in [3.8, 4) is 28.4 Å². The molecule has 2 aliphatic rings. The minimum atomic E-state index is -0.281. The maximum absolute atomic E-state index is 12.7. The molecule has 2 aromatic heterocycles. The molecule has 0 saturated carbocycles. The van der Waals surface area contributed by atoms with Crippen LogP contribution in [0.15, 0.2) is 53.5 Å². The van der Waals surface area contributed by atoms with Crippen LogP contribution in [0.1, 0.15) is 0 Å². The van der Waals surface area contributed by atoms with Crippen molar-refractivity contribution in [3.63, 3.8) is 0 Å². The number of hydrogen-bond acceptors (Lipinski definition) is 7. The van der Waals surface area contributed by atoms with Crippen molar-refractivity contribution >= 4 is 17.0 Å². The van der Waals surface area contributed by atoms with E-state index in [0.29, 0.717) is 28.5 Å². The Bertz CT molecular complexity index is 1320. The number of aromatic amines is 1. The fraction of sp³-hybridized carbons (Fsp3) is 0.227. The van der Waals surface area contributed by atoms with Crippen LogP contribution in [0.4, 0.5) is 5.69 Å². The van der Waals surface area contributed by atoms with Crippen LogP contribution in [0.25, 0.3) is 28.2 Å². The van der Waals surface area contributed by atoms with Crippen LogP contribution in [-0.4, -0.2) is 52.6 Å². The summed E-state index contributed by atoms with van der Waals surface area (Å²) in [6, 6.07) is 13.5. The molecule has 1 saturated heterocycles. The Morgan fingerprint density at radius 1 is 0.935 bits per heavy atom. The Balaban J connectivity index is 1.35. The van der Waals surface area contributed by atoms with E-state index in [-0.39, 0.29) is 12.5 Å². The molecule has 0 unspecified atom stereocenters. The molecule has 0 spiro atoms. The highest BCUT2D eigenvalue weighted by atomic mass is 16.7. The van der Waals surface area contributed by atoms with Crippen LogP contribution >= 0.6 is 0 Å². The summed E-state index contributed by atoms with van der Waals surface area (Å²) in [5.74, 6) is 1.38. The fourth-order valence-corrected chi connectivity index (χ4v) is 3.95. The van der Waals surface area contributed by atoms with Crippen molar-refractivity contribution in [2.24, 2.45) is 0 Å². The van der Waals surface area contributed by atoms with E-state index in [0.717, 1.165) is 43.2 Å². The predicted molar refractivity (Wildman–Crippen MR) is 114 cm³/mol. The molecule has 1 N–H and O–H groups in total. The number of aromatic nitrogens is 4.